The number of rotatable bonds is 2. The summed E-state index contributed by atoms with van der Waals surface area (Å²) in [7, 11) is 0. The Morgan fingerprint density at radius 1 is 1.21 bits per heavy atom. The van der Waals surface area contributed by atoms with Crippen molar-refractivity contribution in [2.24, 2.45) is 5.73 Å². The van der Waals surface area contributed by atoms with E-state index in [-0.39, 0.29) is 6.04 Å². The monoisotopic (exact) mass is 205 g/mol. The van der Waals surface area contributed by atoms with Crippen molar-refractivity contribution in [3.63, 3.8) is 0 Å². The summed E-state index contributed by atoms with van der Waals surface area (Å²) in [6.07, 6.45) is 0. The lowest BCUT2D eigenvalue weighted by molar-refractivity contribution is 0.622. The lowest BCUT2D eigenvalue weighted by atomic mass is 10.0. The van der Waals surface area contributed by atoms with Crippen LogP contribution in [0, 0.1) is 0 Å². The van der Waals surface area contributed by atoms with E-state index in [0.717, 1.165) is 0 Å². The van der Waals surface area contributed by atoms with Gasteiger partial charge in [0, 0.05) is 21.5 Å². The first-order valence-corrected chi connectivity index (χ1v) is 5.74. The lowest BCUT2D eigenvalue weighted by Gasteiger charge is -2.12. The maximum atomic E-state index is 5.90. The highest BCUT2D eigenvalue weighted by Crippen LogP contribution is 2.31. The molecule has 1 aromatic carbocycles. The van der Waals surface area contributed by atoms with Gasteiger partial charge in [0.2, 0.25) is 0 Å². The summed E-state index contributed by atoms with van der Waals surface area (Å²) in [5, 5.41) is 1.33. The molecule has 14 heavy (non-hydrogen) atoms. The molecule has 0 fully saturated rings. The highest BCUT2D eigenvalue weighted by molar-refractivity contribution is 7.19. The third-order valence-corrected chi connectivity index (χ3v) is 4.00. The van der Waals surface area contributed by atoms with E-state index in [0.29, 0.717) is 5.92 Å². The van der Waals surface area contributed by atoms with E-state index in [1.807, 2.05) is 11.3 Å². The minimum absolute atomic E-state index is 0.225. The Bertz CT molecular complexity index is 398. The van der Waals surface area contributed by atoms with Gasteiger partial charge in [0.05, 0.1) is 0 Å². The fraction of sp³-hybridized carbons (Fsp3) is 0.333. The molecule has 0 radical (unpaired) electrons. The van der Waals surface area contributed by atoms with Gasteiger partial charge in [0.1, 0.15) is 0 Å². The molecule has 0 aliphatic carbocycles. The van der Waals surface area contributed by atoms with Crippen LogP contribution >= 0.6 is 11.3 Å². The molecule has 2 aromatic rings. The second-order valence-electron chi connectivity index (χ2n) is 3.83. The molecule has 2 rings (SSSR count). The molecular weight excluding hydrogens is 190 g/mol. The van der Waals surface area contributed by atoms with Crippen molar-refractivity contribution in [2.45, 2.75) is 25.8 Å². The predicted molar refractivity (Wildman–Crippen MR) is 63.9 cm³/mol. The van der Waals surface area contributed by atoms with E-state index >= 15 is 0 Å². The third-order valence-electron chi connectivity index (χ3n) is 2.68. The maximum absolute atomic E-state index is 5.90. The summed E-state index contributed by atoms with van der Waals surface area (Å²) >= 11 is 1.85. The quantitative estimate of drug-likeness (QED) is 0.799. The Labute approximate surface area is 88.6 Å². The molecule has 0 saturated carbocycles. The lowest BCUT2D eigenvalue weighted by Crippen LogP contribution is -2.21. The zero-order chi connectivity index (χ0) is 10.1. The number of hydrogen-bond donors (Lipinski definition) is 1. The van der Waals surface area contributed by atoms with Crippen molar-refractivity contribution in [3.8, 4) is 0 Å². The fourth-order valence-electron chi connectivity index (χ4n) is 1.49. The van der Waals surface area contributed by atoms with Gasteiger partial charge in [-0.15, -0.1) is 11.3 Å². The van der Waals surface area contributed by atoms with Crippen LogP contribution in [-0.2, 0) is 0 Å². The SMILES string of the molecule is CC(N)C(C)c1cc2ccccc2s1. The van der Waals surface area contributed by atoms with Crippen molar-refractivity contribution in [2.75, 3.05) is 0 Å². The molecule has 1 aromatic heterocycles. The van der Waals surface area contributed by atoms with Crippen molar-refractivity contribution in [1.29, 1.82) is 0 Å². The topological polar surface area (TPSA) is 26.0 Å². The van der Waals surface area contributed by atoms with Crippen LogP contribution in [0.3, 0.4) is 0 Å². The molecule has 2 N–H and O–H groups in total. The normalized spacial score (nSPS) is 15.6. The Morgan fingerprint density at radius 3 is 2.57 bits per heavy atom. The summed E-state index contributed by atoms with van der Waals surface area (Å²) in [5.41, 5.74) is 5.90. The number of thiophene rings is 1. The average Bonchev–Trinajstić information content (AvgIpc) is 2.59. The van der Waals surface area contributed by atoms with E-state index < -0.39 is 0 Å². The molecular formula is C12H15NS. The molecule has 0 saturated heterocycles. The van der Waals surface area contributed by atoms with Gasteiger partial charge in [-0.05, 0) is 24.4 Å². The van der Waals surface area contributed by atoms with Gasteiger partial charge < -0.3 is 5.73 Å². The summed E-state index contributed by atoms with van der Waals surface area (Å²) in [6, 6.07) is 11.0. The van der Waals surface area contributed by atoms with Gasteiger partial charge >= 0.3 is 0 Å². The number of benzene rings is 1. The molecule has 2 heteroatoms. The molecule has 2 unspecified atom stereocenters. The second kappa shape index (κ2) is 3.71. The molecule has 0 spiro atoms. The van der Waals surface area contributed by atoms with Crippen LogP contribution in [0.5, 0.6) is 0 Å². The van der Waals surface area contributed by atoms with E-state index in [4.69, 9.17) is 5.73 Å². The van der Waals surface area contributed by atoms with Crippen LogP contribution in [0.15, 0.2) is 30.3 Å². The van der Waals surface area contributed by atoms with E-state index in [1.165, 1.54) is 15.0 Å². The van der Waals surface area contributed by atoms with Gasteiger partial charge in [-0.1, -0.05) is 25.1 Å². The molecule has 0 aliphatic rings. The number of nitrogens with two attached hydrogens (primary N) is 1. The van der Waals surface area contributed by atoms with Crippen LogP contribution in [0.4, 0.5) is 0 Å². The fourth-order valence-corrected chi connectivity index (χ4v) is 2.72. The van der Waals surface area contributed by atoms with Crippen molar-refractivity contribution < 1.29 is 0 Å². The third kappa shape index (κ3) is 1.68. The molecule has 1 heterocycles. The Morgan fingerprint density at radius 2 is 1.93 bits per heavy atom. The summed E-state index contributed by atoms with van der Waals surface area (Å²) in [4.78, 5) is 1.39. The zero-order valence-electron chi connectivity index (χ0n) is 8.53. The first kappa shape index (κ1) is 9.69. The predicted octanol–water partition coefficient (Wildman–Crippen LogP) is 3.35. The van der Waals surface area contributed by atoms with Crippen molar-refractivity contribution in [1.82, 2.24) is 0 Å². The minimum atomic E-state index is 0.225. The largest absolute Gasteiger partial charge is 0.327 e. The highest BCUT2D eigenvalue weighted by atomic mass is 32.1. The standard InChI is InChI=1S/C12H15NS/c1-8(9(2)13)12-7-10-5-3-4-6-11(10)14-12/h3-9H,13H2,1-2H3. The second-order valence-corrected chi connectivity index (χ2v) is 4.95. The molecule has 0 bridgehead atoms. The summed E-state index contributed by atoms with van der Waals surface area (Å²) in [5.74, 6) is 0.451. The van der Waals surface area contributed by atoms with Gasteiger partial charge in [0.25, 0.3) is 0 Å². The van der Waals surface area contributed by atoms with Gasteiger partial charge in [-0.3, -0.25) is 0 Å². The number of fused-ring (bicyclic) bond motifs is 1. The van der Waals surface area contributed by atoms with E-state index in [1.54, 1.807) is 0 Å². The molecule has 0 amide bonds. The number of hydrogen-bond acceptors (Lipinski definition) is 2. The van der Waals surface area contributed by atoms with Crippen LogP contribution in [-0.4, -0.2) is 6.04 Å². The molecule has 2 atom stereocenters. The highest BCUT2D eigenvalue weighted by Gasteiger charge is 2.12. The average molecular weight is 205 g/mol. The van der Waals surface area contributed by atoms with Gasteiger partial charge in [-0.2, -0.15) is 0 Å². The summed E-state index contributed by atoms with van der Waals surface area (Å²) < 4.78 is 1.36. The smallest absolute Gasteiger partial charge is 0.0345 e. The van der Waals surface area contributed by atoms with E-state index in [2.05, 4.69) is 44.2 Å². The van der Waals surface area contributed by atoms with Crippen molar-refractivity contribution in [3.05, 3.63) is 35.2 Å². The Hall–Kier alpha value is -0.860. The molecule has 0 aliphatic heterocycles. The van der Waals surface area contributed by atoms with E-state index in [9.17, 15) is 0 Å². The van der Waals surface area contributed by atoms with Crippen molar-refractivity contribution >= 4 is 21.4 Å². The van der Waals surface area contributed by atoms with Gasteiger partial charge in [-0.25, -0.2) is 0 Å². The summed E-state index contributed by atoms with van der Waals surface area (Å²) in [6.45, 7) is 4.25. The van der Waals surface area contributed by atoms with Crippen LogP contribution < -0.4 is 5.73 Å². The molecule has 74 valence electrons. The van der Waals surface area contributed by atoms with Crippen LogP contribution in [0.25, 0.3) is 10.1 Å². The maximum Gasteiger partial charge on any atom is 0.0345 e. The zero-order valence-corrected chi connectivity index (χ0v) is 9.34. The molecule has 1 nitrogen and oxygen atoms in total. The van der Waals surface area contributed by atoms with Crippen LogP contribution in [0.2, 0.25) is 0 Å². The van der Waals surface area contributed by atoms with Gasteiger partial charge in [0.15, 0.2) is 0 Å². The first-order valence-electron chi connectivity index (χ1n) is 4.92. The van der Waals surface area contributed by atoms with Crippen LogP contribution in [0.1, 0.15) is 24.6 Å². The first-order chi connectivity index (χ1) is 6.68. The minimum Gasteiger partial charge on any atom is -0.327 e. The Kier molecular flexibility index (Phi) is 2.57. The Balaban J connectivity index is 2.45.